The first-order valence-corrected chi connectivity index (χ1v) is 12.2. The summed E-state index contributed by atoms with van der Waals surface area (Å²) in [4.78, 5) is 17.8. The second-order valence-electron chi connectivity index (χ2n) is 9.47. The van der Waals surface area contributed by atoms with Gasteiger partial charge in [0.05, 0.1) is 17.4 Å². The molecule has 1 saturated carbocycles. The van der Waals surface area contributed by atoms with E-state index >= 15 is 0 Å². The molecule has 6 nitrogen and oxygen atoms in total. The van der Waals surface area contributed by atoms with Crippen molar-refractivity contribution in [2.45, 2.75) is 38.1 Å². The highest BCUT2D eigenvalue weighted by Crippen LogP contribution is 2.33. The molecule has 1 aliphatic carbocycles. The van der Waals surface area contributed by atoms with Crippen molar-refractivity contribution in [3.8, 4) is 0 Å². The average molecular weight is 457 g/mol. The lowest BCUT2D eigenvalue weighted by atomic mass is 9.81. The number of hydrogen-bond acceptors (Lipinski definition) is 5. The number of pyridine rings is 1. The largest absolute Gasteiger partial charge is 0.478 e. The fourth-order valence-electron chi connectivity index (χ4n) is 5.00. The van der Waals surface area contributed by atoms with Gasteiger partial charge < -0.3 is 20.6 Å². The van der Waals surface area contributed by atoms with Crippen molar-refractivity contribution in [2.24, 2.45) is 5.92 Å². The molecule has 1 aromatic heterocycles. The molecule has 0 unspecified atom stereocenters. The minimum Gasteiger partial charge on any atom is -0.478 e. The normalized spacial score (nSPS) is 17.5. The molecule has 0 amide bonds. The van der Waals surface area contributed by atoms with Crippen LogP contribution in [0.25, 0.3) is 0 Å². The lowest BCUT2D eigenvalue weighted by Crippen LogP contribution is -2.34. The number of aromatic nitrogens is 1. The van der Waals surface area contributed by atoms with Crippen molar-refractivity contribution < 1.29 is 9.90 Å². The van der Waals surface area contributed by atoms with E-state index < -0.39 is 5.97 Å². The third-order valence-electron chi connectivity index (χ3n) is 7.30. The molecule has 0 saturated heterocycles. The highest BCUT2D eigenvalue weighted by Gasteiger charge is 2.22. The quantitative estimate of drug-likeness (QED) is 0.433. The number of anilines is 3. The van der Waals surface area contributed by atoms with Crippen LogP contribution in [0, 0.1) is 5.92 Å². The number of nitrogens with one attached hydrogen (secondary N) is 2. The van der Waals surface area contributed by atoms with E-state index in [1.165, 1.54) is 66.0 Å². The Morgan fingerprint density at radius 1 is 1.15 bits per heavy atom. The SMILES string of the molecule is CN(c1ccc(CC2CCC2)cc1)c1ccc2c(c1)CCN[C@@H]2CNc1cnccc1C(=O)O. The first-order chi connectivity index (χ1) is 16.6. The number of rotatable bonds is 8. The summed E-state index contributed by atoms with van der Waals surface area (Å²) in [6, 6.07) is 17.3. The summed E-state index contributed by atoms with van der Waals surface area (Å²) in [6.45, 7) is 1.48. The summed E-state index contributed by atoms with van der Waals surface area (Å²) in [5.74, 6) is -0.0696. The van der Waals surface area contributed by atoms with Crippen molar-refractivity contribution in [1.82, 2.24) is 10.3 Å². The summed E-state index contributed by atoms with van der Waals surface area (Å²) >= 11 is 0. The van der Waals surface area contributed by atoms with E-state index in [0.29, 0.717) is 12.2 Å². The van der Waals surface area contributed by atoms with Crippen LogP contribution in [0.15, 0.2) is 60.9 Å². The first kappa shape index (κ1) is 22.4. The van der Waals surface area contributed by atoms with E-state index in [1.54, 1.807) is 6.20 Å². The van der Waals surface area contributed by atoms with Crippen molar-refractivity contribution in [1.29, 1.82) is 0 Å². The van der Waals surface area contributed by atoms with Gasteiger partial charge in [0.2, 0.25) is 0 Å². The summed E-state index contributed by atoms with van der Waals surface area (Å²) < 4.78 is 0. The lowest BCUT2D eigenvalue weighted by molar-refractivity contribution is 0.0697. The van der Waals surface area contributed by atoms with Crippen LogP contribution in [0.3, 0.4) is 0 Å². The van der Waals surface area contributed by atoms with Crippen molar-refractivity contribution in [2.75, 3.05) is 30.4 Å². The second-order valence-corrected chi connectivity index (χ2v) is 9.47. The molecule has 0 spiro atoms. The average Bonchev–Trinajstić information content (AvgIpc) is 2.84. The molecule has 2 aliphatic rings. The number of fused-ring (bicyclic) bond motifs is 1. The van der Waals surface area contributed by atoms with Gasteiger partial charge in [0.15, 0.2) is 0 Å². The van der Waals surface area contributed by atoms with Crippen LogP contribution in [0.1, 0.15) is 52.4 Å². The summed E-state index contributed by atoms with van der Waals surface area (Å²) in [5.41, 5.74) is 7.19. The standard InChI is InChI=1S/C28H32N4O2/c1-32(22-7-5-20(6-8-22)15-19-3-2-4-19)23-9-10-24-21(16-23)11-14-30-27(24)18-31-26-17-29-13-12-25(26)28(33)34/h5-10,12-13,16-17,19,27,30-31H,2-4,11,14-15,18H2,1H3,(H,33,34)/t27-/m1/s1. The molecule has 5 rings (SSSR count). The van der Waals surface area contributed by atoms with Gasteiger partial charge in [-0.3, -0.25) is 4.98 Å². The predicted octanol–water partition coefficient (Wildman–Crippen LogP) is 5.19. The number of hydrogen-bond donors (Lipinski definition) is 3. The zero-order valence-corrected chi connectivity index (χ0v) is 19.6. The van der Waals surface area contributed by atoms with Crippen LogP contribution in [-0.4, -0.2) is 36.2 Å². The van der Waals surface area contributed by atoms with Gasteiger partial charge in [0, 0.05) is 37.2 Å². The third-order valence-corrected chi connectivity index (χ3v) is 7.30. The monoisotopic (exact) mass is 456 g/mol. The Morgan fingerprint density at radius 2 is 1.94 bits per heavy atom. The lowest BCUT2D eigenvalue weighted by Gasteiger charge is -2.29. The van der Waals surface area contributed by atoms with Crippen molar-refractivity contribution >= 4 is 23.0 Å². The molecular weight excluding hydrogens is 424 g/mol. The minimum absolute atomic E-state index is 0.107. The fraction of sp³-hybridized carbons (Fsp3) is 0.357. The van der Waals surface area contributed by atoms with Gasteiger partial charge >= 0.3 is 5.97 Å². The molecule has 3 N–H and O–H groups in total. The number of carboxylic acid groups (broad SMARTS) is 1. The zero-order valence-electron chi connectivity index (χ0n) is 19.6. The van der Waals surface area contributed by atoms with Crippen LogP contribution in [0.2, 0.25) is 0 Å². The van der Waals surface area contributed by atoms with E-state index in [0.717, 1.165) is 18.9 Å². The molecule has 0 radical (unpaired) electrons. The fourth-order valence-corrected chi connectivity index (χ4v) is 5.00. The molecule has 1 atom stereocenters. The Labute approximate surface area is 201 Å². The number of carbonyl (C=O) groups is 1. The van der Waals surface area contributed by atoms with Crippen LogP contribution in [0.5, 0.6) is 0 Å². The summed E-state index contributed by atoms with van der Waals surface area (Å²) in [7, 11) is 2.12. The molecule has 3 aromatic rings. The van der Waals surface area contributed by atoms with Crippen LogP contribution in [0.4, 0.5) is 17.1 Å². The zero-order chi connectivity index (χ0) is 23.5. The maximum absolute atomic E-state index is 11.5. The smallest absolute Gasteiger partial charge is 0.337 e. The van der Waals surface area contributed by atoms with Crippen molar-refractivity contribution in [3.63, 3.8) is 0 Å². The minimum atomic E-state index is -0.953. The van der Waals surface area contributed by atoms with Crippen LogP contribution in [-0.2, 0) is 12.8 Å². The Bertz CT molecular complexity index is 1160. The van der Waals surface area contributed by atoms with Gasteiger partial charge in [-0.2, -0.15) is 0 Å². The van der Waals surface area contributed by atoms with E-state index in [9.17, 15) is 9.90 Å². The Morgan fingerprint density at radius 3 is 2.68 bits per heavy atom. The first-order valence-electron chi connectivity index (χ1n) is 12.2. The molecule has 0 bridgehead atoms. The van der Waals surface area contributed by atoms with Gasteiger partial charge in [0.1, 0.15) is 0 Å². The van der Waals surface area contributed by atoms with Crippen LogP contribution < -0.4 is 15.5 Å². The topological polar surface area (TPSA) is 77.5 Å². The number of carboxylic acids is 1. The number of aromatic carboxylic acids is 1. The van der Waals surface area contributed by atoms with Crippen LogP contribution >= 0.6 is 0 Å². The van der Waals surface area contributed by atoms with Gasteiger partial charge in [-0.05, 0) is 72.3 Å². The summed E-state index contributed by atoms with van der Waals surface area (Å²) in [5, 5.41) is 16.3. The number of nitrogens with zero attached hydrogens (tertiary/aromatic N) is 2. The summed E-state index contributed by atoms with van der Waals surface area (Å²) in [6.07, 6.45) is 9.41. The van der Waals surface area contributed by atoms with E-state index in [4.69, 9.17) is 0 Å². The number of benzene rings is 2. The molecule has 1 aliphatic heterocycles. The molecule has 34 heavy (non-hydrogen) atoms. The molecular formula is C28H32N4O2. The van der Waals surface area contributed by atoms with E-state index in [2.05, 4.69) is 70.0 Å². The van der Waals surface area contributed by atoms with E-state index in [-0.39, 0.29) is 11.6 Å². The van der Waals surface area contributed by atoms with Gasteiger partial charge in [-0.25, -0.2) is 4.79 Å². The third kappa shape index (κ3) is 4.77. The molecule has 176 valence electrons. The van der Waals surface area contributed by atoms with Gasteiger partial charge in [-0.1, -0.05) is 37.5 Å². The highest BCUT2D eigenvalue weighted by atomic mass is 16.4. The predicted molar refractivity (Wildman–Crippen MR) is 136 cm³/mol. The Balaban J connectivity index is 1.28. The second kappa shape index (κ2) is 9.85. The Kier molecular flexibility index (Phi) is 6.50. The molecule has 2 heterocycles. The molecule has 2 aromatic carbocycles. The maximum atomic E-state index is 11.5. The van der Waals surface area contributed by atoms with E-state index in [1.807, 2.05) is 0 Å². The van der Waals surface area contributed by atoms with Gasteiger partial charge in [-0.15, -0.1) is 0 Å². The van der Waals surface area contributed by atoms with Gasteiger partial charge in [0.25, 0.3) is 0 Å². The Hall–Kier alpha value is -3.38. The molecule has 1 fully saturated rings. The molecule has 6 heteroatoms. The highest BCUT2D eigenvalue weighted by molar-refractivity contribution is 5.93. The van der Waals surface area contributed by atoms with Crippen molar-refractivity contribution in [3.05, 3.63) is 83.2 Å². The maximum Gasteiger partial charge on any atom is 0.337 e.